The van der Waals surface area contributed by atoms with Gasteiger partial charge in [0.05, 0.1) is 29.7 Å². The van der Waals surface area contributed by atoms with Crippen LogP contribution >= 0.6 is 0 Å². The van der Waals surface area contributed by atoms with Gasteiger partial charge in [0.25, 0.3) is 0 Å². The van der Waals surface area contributed by atoms with Gasteiger partial charge in [-0.1, -0.05) is 37.8 Å². The maximum Gasteiger partial charge on any atom is 0.350 e. The van der Waals surface area contributed by atoms with Crippen molar-refractivity contribution in [2.45, 2.75) is 65.1 Å². The second-order valence-electron chi connectivity index (χ2n) is 12.7. The summed E-state index contributed by atoms with van der Waals surface area (Å²) in [6.07, 6.45) is 2.28. The van der Waals surface area contributed by atoms with Gasteiger partial charge in [0.1, 0.15) is 5.82 Å². The Bertz CT molecular complexity index is 1550. The summed E-state index contributed by atoms with van der Waals surface area (Å²) in [6, 6.07) is 10.9. The predicted molar refractivity (Wildman–Crippen MR) is 153 cm³/mol. The number of anilines is 2. The molecule has 4 heterocycles. The van der Waals surface area contributed by atoms with Crippen LogP contribution in [0.5, 0.6) is 0 Å². The van der Waals surface area contributed by atoms with Gasteiger partial charge in [-0.3, -0.25) is 9.47 Å². The Hall–Kier alpha value is -3.21. The molecule has 39 heavy (non-hydrogen) atoms. The Morgan fingerprint density at radius 3 is 2.69 bits per heavy atom. The van der Waals surface area contributed by atoms with E-state index in [0.717, 1.165) is 48.7 Å². The molecule has 0 spiro atoms. The molecule has 0 unspecified atom stereocenters. The molecule has 6 nitrogen and oxygen atoms in total. The predicted octanol–water partition coefficient (Wildman–Crippen LogP) is 5.43. The minimum atomic E-state index is -0.555. The van der Waals surface area contributed by atoms with Gasteiger partial charge in [-0.25, -0.2) is 9.18 Å². The normalized spacial score (nSPS) is 22.8. The second-order valence-corrected chi connectivity index (χ2v) is 12.7. The first-order valence-electron chi connectivity index (χ1n) is 14.0. The molecule has 1 aliphatic carbocycles. The summed E-state index contributed by atoms with van der Waals surface area (Å²) in [5, 5.41) is 0.339. The van der Waals surface area contributed by atoms with E-state index in [-0.39, 0.29) is 5.54 Å². The summed E-state index contributed by atoms with van der Waals surface area (Å²) in [6.45, 7) is 13.8. The maximum atomic E-state index is 15.5. The fourth-order valence-electron chi connectivity index (χ4n) is 6.65. The standard InChI is InChI=1S/C32H37FN4O2/c1-21(2)18-35-19-22-16-32(35,17-22)13-12-23-8-6-10-26-24(23)20-39-15-14-36(26)29-28-25(33)9-7-11-27(28)37(30(38)34-29)31(3,4)5/h6-11,21-22H,14-20H2,1-5H3. The number of ether oxygens (including phenoxy) is 1. The summed E-state index contributed by atoms with van der Waals surface area (Å²) in [5.41, 5.74) is 2.28. The van der Waals surface area contributed by atoms with Crippen LogP contribution in [0.25, 0.3) is 10.9 Å². The molecular formula is C32H37FN4O2. The van der Waals surface area contributed by atoms with Crippen molar-refractivity contribution in [1.82, 2.24) is 14.5 Å². The molecule has 0 radical (unpaired) electrons. The van der Waals surface area contributed by atoms with Crippen LogP contribution < -0.4 is 10.6 Å². The smallest absolute Gasteiger partial charge is 0.350 e. The van der Waals surface area contributed by atoms with Crippen LogP contribution in [0.3, 0.4) is 0 Å². The van der Waals surface area contributed by atoms with Crippen molar-refractivity contribution in [3.63, 3.8) is 0 Å². The van der Waals surface area contributed by atoms with Gasteiger partial charge in [0.2, 0.25) is 0 Å². The van der Waals surface area contributed by atoms with Crippen LogP contribution in [-0.4, -0.2) is 46.2 Å². The molecule has 4 aliphatic rings. The summed E-state index contributed by atoms with van der Waals surface area (Å²) in [7, 11) is 0. The topological polar surface area (TPSA) is 50.6 Å². The first kappa shape index (κ1) is 26.0. The van der Waals surface area contributed by atoms with E-state index in [1.807, 2.05) is 43.9 Å². The fourth-order valence-corrected chi connectivity index (χ4v) is 6.65. The van der Waals surface area contributed by atoms with E-state index in [1.165, 1.54) is 6.07 Å². The SMILES string of the molecule is CC(C)CN1CC2CC1(C#Cc1cccc3c1COCCN3c1nc(=O)n(C(C)(C)C)c3cccc(F)c13)C2. The molecule has 0 amide bonds. The maximum absolute atomic E-state index is 15.5. The van der Waals surface area contributed by atoms with E-state index in [1.54, 1.807) is 16.7 Å². The lowest BCUT2D eigenvalue weighted by Crippen LogP contribution is -2.45. The van der Waals surface area contributed by atoms with Gasteiger partial charge in [0, 0.05) is 42.0 Å². The Morgan fingerprint density at radius 1 is 1.18 bits per heavy atom. The van der Waals surface area contributed by atoms with Crippen molar-refractivity contribution in [3.8, 4) is 11.8 Å². The largest absolute Gasteiger partial charge is 0.375 e. The highest BCUT2D eigenvalue weighted by atomic mass is 19.1. The molecule has 1 saturated carbocycles. The first-order chi connectivity index (χ1) is 18.6. The molecule has 2 saturated heterocycles. The Balaban J connectivity index is 1.47. The highest BCUT2D eigenvalue weighted by Crippen LogP contribution is 2.50. The van der Waals surface area contributed by atoms with Crippen LogP contribution in [0.1, 0.15) is 58.6 Å². The third kappa shape index (κ3) is 4.44. The average Bonchev–Trinajstić information content (AvgIpc) is 3.25. The van der Waals surface area contributed by atoms with Crippen molar-refractivity contribution in [1.29, 1.82) is 0 Å². The minimum Gasteiger partial charge on any atom is -0.375 e. The van der Waals surface area contributed by atoms with Gasteiger partial charge < -0.3 is 9.64 Å². The Morgan fingerprint density at radius 2 is 1.95 bits per heavy atom. The van der Waals surface area contributed by atoms with Crippen LogP contribution in [0.2, 0.25) is 0 Å². The van der Waals surface area contributed by atoms with E-state index >= 15 is 4.39 Å². The summed E-state index contributed by atoms with van der Waals surface area (Å²) in [5.74, 6) is 8.48. The number of halogens is 1. The third-order valence-corrected chi connectivity index (χ3v) is 8.28. The number of hydrogen-bond donors (Lipinski definition) is 0. The van der Waals surface area contributed by atoms with Gasteiger partial charge in [-0.2, -0.15) is 4.98 Å². The van der Waals surface area contributed by atoms with E-state index in [2.05, 4.69) is 35.6 Å². The second kappa shape index (κ2) is 9.46. The molecule has 0 atom stereocenters. The number of rotatable bonds is 3. The molecule has 7 rings (SSSR count). The average molecular weight is 529 g/mol. The van der Waals surface area contributed by atoms with Crippen molar-refractivity contribution < 1.29 is 9.13 Å². The van der Waals surface area contributed by atoms with Gasteiger partial charge in [0.15, 0.2) is 5.82 Å². The van der Waals surface area contributed by atoms with Crippen molar-refractivity contribution in [3.05, 3.63) is 63.8 Å². The number of nitrogens with zero attached hydrogens (tertiary/aromatic N) is 4. The van der Waals surface area contributed by atoms with E-state index in [9.17, 15) is 4.79 Å². The molecule has 0 N–H and O–H groups in total. The van der Waals surface area contributed by atoms with Gasteiger partial charge >= 0.3 is 5.69 Å². The summed E-state index contributed by atoms with van der Waals surface area (Å²) >= 11 is 0. The third-order valence-electron chi connectivity index (χ3n) is 8.28. The van der Waals surface area contributed by atoms with Crippen LogP contribution in [0.4, 0.5) is 15.9 Å². The summed E-state index contributed by atoms with van der Waals surface area (Å²) in [4.78, 5) is 22.4. The molecular weight excluding hydrogens is 491 g/mol. The highest BCUT2D eigenvalue weighted by molar-refractivity contribution is 5.93. The lowest BCUT2D eigenvalue weighted by molar-refractivity contribution is 0.133. The molecule has 3 aliphatic heterocycles. The first-order valence-corrected chi connectivity index (χ1v) is 14.0. The number of aromatic nitrogens is 2. The van der Waals surface area contributed by atoms with Gasteiger partial charge in [-0.05, 0) is 69.7 Å². The number of hydrogen-bond acceptors (Lipinski definition) is 5. The monoisotopic (exact) mass is 528 g/mol. The zero-order valence-electron chi connectivity index (χ0n) is 23.6. The quantitative estimate of drug-likeness (QED) is 0.425. The van der Waals surface area contributed by atoms with Crippen molar-refractivity contribution >= 4 is 22.4 Å². The lowest BCUT2D eigenvalue weighted by atomic mass is 9.73. The zero-order valence-corrected chi connectivity index (χ0v) is 23.6. The molecule has 204 valence electrons. The highest BCUT2D eigenvalue weighted by Gasteiger charge is 2.55. The lowest BCUT2D eigenvalue weighted by Gasteiger charge is -2.38. The van der Waals surface area contributed by atoms with Crippen molar-refractivity contribution in [2.75, 3.05) is 31.1 Å². The number of benzene rings is 2. The Labute approximate surface area is 229 Å². The molecule has 3 aromatic rings. The summed E-state index contributed by atoms with van der Waals surface area (Å²) < 4.78 is 23.1. The van der Waals surface area contributed by atoms with Crippen molar-refractivity contribution in [2.24, 2.45) is 11.8 Å². The van der Waals surface area contributed by atoms with Crippen LogP contribution in [-0.2, 0) is 16.9 Å². The Kier molecular flexibility index (Phi) is 6.32. The van der Waals surface area contributed by atoms with E-state index in [0.29, 0.717) is 42.4 Å². The van der Waals surface area contributed by atoms with E-state index < -0.39 is 17.0 Å². The van der Waals surface area contributed by atoms with Gasteiger partial charge in [-0.15, -0.1) is 0 Å². The zero-order chi connectivity index (χ0) is 27.5. The van der Waals surface area contributed by atoms with Crippen LogP contribution in [0, 0.1) is 29.5 Å². The number of fused-ring (bicyclic) bond motifs is 3. The fraction of sp³-hybridized carbons (Fsp3) is 0.500. The van der Waals surface area contributed by atoms with Crippen LogP contribution in [0.15, 0.2) is 41.2 Å². The molecule has 1 aromatic heterocycles. The van der Waals surface area contributed by atoms with E-state index in [4.69, 9.17) is 4.74 Å². The molecule has 7 heteroatoms. The molecule has 2 bridgehead atoms. The molecule has 3 fully saturated rings. The molecule has 2 aromatic carbocycles. The minimum absolute atomic E-state index is 0.0265.